The molecule has 1 aromatic rings. The number of thiazole rings is 1. The SMILES string of the molecule is O=C(CC1CCCNC1)Nc1nccs1. The smallest absolute Gasteiger partial charge is 0.226 e. The average Bonchev–Trinajstić information content (AvgIpc) is 2.71. The van der Waals surface area contributed by atoms with E-state index in [9.17, 15) is 4.79 Å². The molecule has 82 valence electrons. The van der Waals surface area contributed by atoms with Gasteiger partial charge in [-0.05, 0) is 31.8 Å². The van der Waals surface area contributed by atoms with Gasteiger partial charge in [0.1, 0.15) is 0 Å². The number of carbonyl (C=O) groups is 1. The molecule has 0 bridgehead atoms. The summed E-state index contributed by atoms with van der Waals surface area (Å²) in [7, 11) is 0. The van der Waals surface area contributed by atoms with Crippen LogP contribution < -0.4 is 10.6 Å². The minimum absolute atomic E-state index is 0.0821. The van der Waals surface area contributed by atoms with E-state index in [1.54, 1.807) is 6.20 Å². The number of carbonyl (C=O) groups excluding carboxylic acids is 1. The van der Waals surface area contributed by atoms with Gasteiger partial charge >= 0.3 is 0 Å². The summed E-state index contributed by atoms with van der Waals surface area (Å²) in [5.41, 5.74) is 0. The van der Waals surface area contributed by atoms with Gasteiger partial charge in [-0.2, -0.15) is 0 Å². The number of rotatable bonds is 3. The quantitative estimate of drug-likeness (QED) is 0.819. The van der Waals surface area contributed by atoms with Gasteiger partial charge in [0.25, 0.3) is 0 Å². The number of hydrogen-bond acceptors (Lipinski definition) is 4. The average molecular weight is 225 g/mol. The van der Waals surface area contributed by atoms with Crippen LogP contribution in [0.4, 0.5) is 5.13 Å². The third-order valence-electron chi connectivity index (χ3n) is 2.55. The lowest BCUT2D eigenvalue weighted by Crippen LogP contribution is -2.32. The second-order valence-corrected chi connectivity index (χ2v) is 4.70. The molecule has 1 atom stereocenters. The highest BCUT2D eigenvalue weighted by Crippen LogP contribution is 2.16. The normalized spacial score (nSPS) is 21.2. The van der Waals surface area contributed by atoms with E-state index in [-0.39, 0.29) is 5.91 Å². The van der Waals surface area contributed by atoms with Crippen LogP contribution in [0.15, 0.2) is 11.6 Å². The molecule has 1 saturated heterocycles. The van der Waals surface area contributed by atoms with Crippen LogP contribution in [0.25, 0.3) is 0 Å². The van der Waals surface area contributed by atoms with Gasteiger partial charge in [-0.3, -0.25) is 4.79 Å². The molecular formula is C10H15N3OS. The number of nitrogens with one attached hydrogen (secondary N) is 2. The van der Waals surface area contributed by atoms with Crippen molar-refractivity contribution in [1.29, 1.82) is 0 Å². The fraction of sp³-hybridized carbons (Fsp3) is 0.600. The Morgan fingerprint density at radius 1 is 1.73 bits per heavy atom. The summed E-state index contributed by atoms with van der Waals surface area (Å²) in [6, 6.07) is 0. The lowest BCUT2D eigenvalue weighted by atomic mass is 9.96. The highest BCUT2D eigenvalue weighted by Gasteiger charge is 2.16. The molecule has 2 heterocycles. The molecule has 1 aromatic heterocycles. The standard InChI is InChI=1S/C10H15N3OS/c14-9(13-10-12-4-5-15-10)6-8-2-1-3-11-7-8/h4-5,8,11H,1-3,6-7H2,(H,12,13,14). The number of amides is 1. The van der Waals surface area contributed by atoms with E-state index in [4.69, 9.17) is 0 Å². The zero-order valence-corrected chi connectivity index (χ0v) is 9.35. The molecule has 0 radical (unpaired) electrons. The largest absolute Gasteiger partial charge is 0.316 e. The summed E-state index contributed by atoms with van der Waals surface area (Å²) in [6.45, 7) is 2.05. The summed E-state index contributed by atoms with van der Waals surface area (Å²) >= 11 is 1.45. The molecule has 5 heteroatoms. The third kappa shape index (κ3) is 3.28. The van der Waals surface area contributed by atoms with Crippen molar-refractivity contribution in [2.24, 2.45) is 5.92 Å². The molecule has 0 aromatic carbocycles. The minimum Gasteiger partial charge on any atom is -0.316 e. The van der Waals surface area contributed by atoms with E-state index in [2.05, 4.69) is 15.6 Å². The van der Waals surface area contributed by atoms with E-state index < -0.39 is 0 Å². The van der Waals surface area contributed by atoms with Gasteiger partial charge in [0, 0.05) is 18.0 Å². The van der Waals surface area contributed by atoms with Crippen LogP contribution in [0, 0.1) is 5.92 Å². The monoisotopic (exact) mass is 225 g/mol. The summed E-state index contributed by atoms with van der Waals surface area (Å²) in [5, 5.41) is 8.67. The Bertz CT molecular complexity index is 306. The molecule has 2 N–H and O–H groups in total. The number of piperidine rings is 1. The van der Waals surface area contributed by atoms with Gasteiger partial charge in [0.2, 0.25) is 5.91 Å². The Morgan fingerprint density at radius 3 is 3.33 bits per heavy atom. The van der Waals surface area contributed by atoms with Crippen molar-refractivity contribution in [3.05, 3.63) is 11.6 Å². The zero-order chi connectivity index (χ0) is 10.5. The Labute approximate surface area is 93.1 Å². The van der Waals surface area contributed by atoms with Crippen LogP contribution in [0.3, 0.4) is 0 Å². The topological polar surface area (TPSA) is 54.0 Å². The van der Waals surface area contributed by atoms with Crippen molar-refractivity contribution in [2.75, 3.05) is 18.4 Å². The van der Waals surface area contributed by atoms with E-state index >= 15 is 0 Å². The van der Waals surface area contributed by atoms with E-state index in [0.29, 0.717) is 17.5 Å². The lowest BCUT2D eigenvalue weighted by Gasteiger charge is -2.21. The van der Waals surface area contributed by atoms with E-state index in [0.717, 1.165) is 19.5 Å². The van der Waals surface area contributed by atoms with Crippen molar-refractivity contribution in [3.8, 4) is 0 Å². The van der Waals surface area contributed by atoms with Gasteiger partial charge in [-0.15, -0.1) is 11.3 Å². The maximum Gasteiger partial charge on any atom is 0.226 e. The summed E-state index contributed by atoms with van der Waals surface area (Å²) in [5.74, 6) is 0.567. The van der Waals surface area contributed by atoms with Crippen molar-refractivity contribution in [2.45, 2.75) is 19.3 Å². The molecule has 0 saturated carbocycles. The number of aromatic nitrogens is 1. The van der Waals surface area contributed by atoms with Crippen molar-refractivity contribution >= 4 is 22.4 Å². The van der Waals surface area contributed by atoms with Crippen molar-refractivity contribution < 1.29 is 4.79 Å². The van der Waals surface area contributed by atoms with Gasteiger partial charge in [-0.25, -0.2) is 4.98 Å². The minimum atomic E-state index is 0.0821. The second kappa shape index (κ2) is 5.23. The van der Waals surface area contributed by atoms with Gasteiger partial charge < -0.3 is 10.6 Å². The van der Waals surface area contributed by atoms with Gasteiger partial charge in [0.15, 0.2) is 5.13 Å². The van der Waals surface area contributed by atoms with Crippen molar-refractivity contribution in [3.63, 3.8) is 0 Å². The first-order chi connectivity index (χ1) is 7.34. The van der Waals surface area contributed by atoms with E-state index in [1.807, 2.05) is 5.38 Å². The Balaban J connectivity index is 1.76. The molecule has 2 rings (SSSR count). The van der Waals surface area contributed by atoms with E-state index in [1.165, 1.54) is 17.8 Å². The number of anilines is 1. The molecular weight excluding hydrogens is 210 g/mol. The summed E-state index contributed by atoms with van der Waals surface area (Å²) in [4.78, 5) is 15.6. The lowest BCUT2D eigenvalue weighted by molar-refractivity contribution is -0.117. The van der Waals surface area contributed by atoms with Crippen LogP contribution in [0.2, 0.25) is 0 Å². The number of hydrogen-bond donors (Lipinski definition) is 2. The van der Waals surface area contributed by atoms with Crippen LogP contribution in [-0.2, 0) is 4.79 Å². The first-order valence-corrected chi connectivity index (χ1v) is 6.12. The number of nitrogens with zero attached hydrogens (tertiary/aromatic N) is 1. The predicted octanol–water partition coefficient (Wildman–Crippen LogP) is 1.47. The Hall–Kier alpha value is -0.940. The molecule has 0 spiro atoms. The van der Waals surface area contributed by atoms with Gasteiger partial charge in [0.05, 0.1) is 0 Å². The third-order valence-corrected chi connectivity index (χ3v) is 3.24. The maximum absolute atomic E-state index is 11.6. The summed E-state index contributed by atoms with van der Waals surface area (Å²) < 4.78 is 0. The first kappa shape index (κ1) is 10.6. The van der Waals surface area contributed by atoms with Crippen LogP contribution in [0.1, 0.15) is 19.3 Å². The molecule has 1 aliphatic heterocycles. The first-order valence-electron chi connectivity index (χ1n) is 5.24. The molecule has 0 aliphatic carbocycles. The van der Waals surface area contributed by atoms with Crippen LogP contribution in [0.5, 0.6) is 0 Å². The molecule has 1 fully saturated rings. The maximum atomic E-state index is 11.6. The fourth-order valence-corrected chi connectivity index (χ4v) is 2.36. The molecule has 1 unspecified atom stereocenters. The highest BCUT2D eigenvalue weighted by molar-refractivity contribution is 7.13. The highest BCUT2D eigenvalue weighted by atomic mass is 32.1. The summed E-state index contributed by atoms with van der Waals surface area (Å²) in [6.07, 6.45) is 4.63. The fourth-order valence-electron chi connectivity index (χ4n) is 1.82. The Morgan fingerprint density at radius 2 is 2.67 bits per heavy atom. The molecule has 1 amide bonds. The molecule has 1 aliphatic rings. The molecule has 15 heavy (non-hydrogen) atoms. The Kier molecular flexibility index (Phi) is 3.69. The predicted molar refractivity (Wildman–Crippen MR) is 61.0 cm³/mol. The van der Waals surface area contributed by atoms with Crippen LogP contribution in [-0.4, -0.2) is 24.0 Å². The molecule has 4 nitrogen and oxygen atoms in total. The second-order valence-electron chi connectivity index (χ2n) is 3.80. The van der Waals surface area contributed by atoms with Crippen LogP contribution >= 0.6 is 11.3 Å². The van der Waals surface area contributed by atoms with Gasteiger partial charge in [-0.1, -0.05) is 0 Å². The zero-order valence-electron chi connectivity index (χ0n) is 8.53. The van der Waals surface area contributed by atoms with Crippen molar-refractivity contribution in [1.82, 2.24) is 10.3 Å².